The number of benzene rings is 3. The minimum absolute atomic E-state index is 0.00959. The van der Waals surface area contributed by atoms with Crippen molar-refractivity contribution in [2.24, 2.45) is 10.2 Å². The van der Waals surface area contributed by atoms with Crippen LogP contribution in [0.5, 0.6) is 11.6 Å². The van der Waals surface area contributed by atoms with Gasteiger partial charge in [-0.15, -0.1) is 10.2 Å². The molecular formula is C20H15N5O7S. The number of aromatic hydroxyl groups is 2. The van der Waals surface area contributed by atoms with Crippen LogP contribution in [0.2, 0.25) is 0 Å². The van der Waals surface area contributed by atoms with Crippen molar-refractivity contribution in [2.75, 3.05) is 0 Å². The predicted octanol–water partition coefficient (Wildman–Crippen LogP) is 4.32. The lowest BCUT2D eigenvalue weighted by Gasteiger charge is -2.08. The molecule has 0 unspecified atom stereocenters. The summed E-state index contributed by atoms with van der Waals surface area (Å²) in [5.41, 5.74) is -0.322. The van der Waals surface area contributed by atoms with Gasteiger partial charge in [-0.05, 0) is 13.0 Å². The van der Waals surface area contributed by atoms with Crippen molar-refractivity contribution >= 4 is 38.0 Å². The summed E-state index contributed by atoms with van der Waals surface area (Å²) >= 11 is 0. The van der Waals surface area contributed by atoms with Gasteiger partial charge in [0.05, 0.1) is 10.6 Å². The molecule has 0 radical (unpaired) electrons. The second-order valence-electron chi connectivity index (χ2n) is 6.88. The molecule has 0 aliphatic heterocycles. The molecule has 13 heteroatoms. The Morgan fingerprint density at radius 2 is 1.61 bits per heavy atom. The van der Waals surface area contributed by atoms with Crippen molar-refractivity contribution in [3.05, 3.63) is 70.4 Å². The first-order valence-electron chi connectivity index (χ1n) is 9.26. The third kappa shape index (κ3) is 3.86. The van der Waals surface area contributed by atoms with Gasteiger partial charge in [0.2, 0.25) is 5.88 Å². The molecule has 3 aromatic carbocycles. The predicted molar refractivity (Wildman–Crippen MR) is 116 cm³/mol. The Balaban J connectivity index is 1.86. The molecule has 0 saturated carbocycles. The molecule has 4 rings (SSSR count). The number of aryl methyl sites for hydroxylation is 1. The minimum atomic E-state index is -4.63. The molecule has 12 nitrogen and oxygen atoms in total. The highest BCUT2D eigenvalue weighted by atomic mass is 32.2. The third-order valence-electron chi connectivity index (χ3n) is 4.80. The van der Waals surface area contributed by atoms with Crippen LogP contribution in [0.3, 0.4) is 0 Å². The van der Waals surface area contributed by atoms with Crippen molar-refractivity contribution in [2.45, 2.75) is 11.8 Å². The quantitative estimate of drug-likeness (QED) is 0.167. The normalized spacial score (nSPS) is 11.9. The zero-order valence-corrected chi connectivity index (χ0v) is 17.6. The van der Waals surface area contributed by atoms with Crippen molar-refractivity contribution in [1.82, 2.24) is 9.78 Å². The number of nitro groups is 1. The summed E-state index contributed by atoms with van der Waals surface area (Å²) in [5, 5.41) is 44.6. The largest absolute Gasteiger partial charge is 0.506 e. The summed E-state index contributed by atoms with van der Waals surface area (Å²) in [6, 6.07) is 12.5. The average molecular weight is 469 g/mol. The molecule has 0 amide bonds. The molecule has 4 aromatic rings. The lowest BCUT2D eigenvalue weighted by atomic mass is 10.1. The van der Waals surface area contributed by atoms with E-state index in [-0.39, 0.29) is 39.2 Å². The molecule has 168 valence electrons. The first-order valence-corrected chi connectivity index (χ1v) is 10.7. The molecule has 1 aromatic heterocycles. The second-order valence-corrected chi connectivity index (χ2v) is 8.27. The Hall–Kier alpha value is -4.36. The van der Waals surface area contributed by atoms with Gasteiger partial charge in [0.25, 0.3) is 15.8 Å². The van der Waals surface area contributed by atoms with E-state index in [4.69, 9.17) is 0 Å². The number of phenols is 1. The molecule has 3 N–H and O–H groups in total. The topological polar surface area (TPSA) is 181 Å². The lowest BCUT2D eigenvalue weighted by molar-refractivity contribution is -0.384. The van der Waals surface area contributed by atoms with Crippen molar-refractivity contribution < 1.29 is 28.1 Å². The van der Waals surface area contributed by atoms with Crippen LogP contribution in [0.15, 0.2) is 69.7 Å². The summed E-state index contributed by atoms with van der Waals surface area (Å²) in [5.74, 6) is -1.10. The fourth-order valence-electron chi connectivity index (χ4n) is 3.32. The summed E-state index contributed by atoms with van der Waals surface area (Å²) < 4.78 is 33.8. The van der Waals surface area contributed by atoms with Gasteiger partial charge in [0, 0.05) is 22.9 Å². The highest BCUT2D eigenvalue weighted by Gasteiger charge is 2.23. The molecule has 0 fully saturated rings. The Bertz CT molecular complexity index is 1560. The third-order valence-corrected chi connectivity index (χ3v) is 5.69. The summed E-state index contributed by atoms with van der Waals surface area (Å²) in [4.78, 5) is 10.2. The van der Waals surface area contributed by atoms with Gasteiger partial charge in [-0.1, -0.05) is 36.4 Å². The van der Waals surface area contributed by atoms with E-state index in [1.807, 2.05) is 0 Å². The number of fused-ring (bicyclic) bond motifs is 1. The van der Waals surface area contributed by atoms with Crippen LogP contribution in [0, 0.1) is 17.0 Å². The maximum atomic E-state index is 11.7. The number of rotatable bonds is 5. The van der Waals surface area contributed by atoms with Crippen LogP contribution in [-0.2, 0) is 10.1 Å². The number of azo groups is 1. The Kier molecular flexibility index (Phi) is 5.27. The number of hydrogen-bond acceptors (Lipinski definition) is 9. The summed E-state index contributed by atoms with van der Waals surface area (Å²) in [7, 11) is -4.63. The van der Waals surface area contributed by atoms with Crippen LogP contribution in [0.1, 0.15) is 5.69 Å². The highest BCUT2D eigenvalue weighted by molar-refractivity contribution is 7.86. The fraction of sp³-hybridized carbons (Fsp3) is 0.0500. The average Bonchev–Trinajstić information content (AvgIpc) is 3.05. The Morgan fingerprint density at radius 3 is 2.27 bits per heavy atom. The van der Waals surface area contributed by atoms with Crippen molar-refractivity contribution in [1.29, 1.82) is 0 Å². The van der Waals surface area contributed by atoms with Crippen LogP contribution in [0.25, 0.3) is 16.5 Å². The molecule has 0 spiro atoms. The summed E-state index contributed by atoms with van der Waals surface area (Å²) in [6.07, 6.45) is 0. The standard InChI is InChI=1S/C20H15N5O7S/c1-11-18(20(27)24(23-11)14-8-4-5-9-15(14)25(28)29)21-22-19-13-7-3-2-6-12(13)17(10-16(19)26)33(30,31)32/h2-10,26-27H,1H3,(H,30,31,32)/b22-21+. The van der Waals surface area contributed by atoms with E-state index < -0.39 is 31.6 Å². The molecule has 33 heavy (non-hydrogen) atoms. The number of phenolic OH excluding ortho intramolecular Hbond substituents is 1. The maximum absolute atomic E-state index is 11.7. The van der Waals surface area contributed by atoms with Gasteiger partial charge in [0.1, 0.15) is 22.0 Å². The van der Waals surface area contributed by atoms with Gasteiger partial charge < -0.3 is 10.2 Å². The van der Waals surface area contributed by atoms with E-state index in [9.17, 15) is 33.3 Å². The van der Waals surface area contributed by atoms with Crippen LogP contribution in [0.4, 0.5) is 17.1 Å². The smallest absolute Gasteiger partial charge is 0.295 e. The van der Waals surface area contributed by atoms with E-state index in [0.29, 0.717) is 0 Å². The SMILES string of the molecule is Cc1nn(-c2ccccc2[N+](=O)[O-])c(O)c1/N=N/c1c(O)cc(S(=O)(=O)O)c2ccccc12. The van der Waals surface area contributed by atoms with E-state index in [1.54, 1.807) is 18.2 Å². The second kappa shape index (κ2) is 7.96. The Morgan fingerprint density at radius 1 is 1.00 bits per heavy atom. The zero-order valence-electron chi connectivity index (χ0n) is 16.8. The van der Waals surface area contributed by atoms with E-state index in [1.165, 1.54) is 37.3 Å². The van der Waals surface area contributed by atoms with Crippen molar-refractivity contribution in [3.8, 4) is 17.3 Å². The first kappa shape index (κ1) is 21.9. The molecule has 0 aliphatic carbocycles. The monoisotopic (exact) mass is 469 g/mol. The number of hydrogen-bond donors (Lipinski definition) is 3. The minimum Gasteiger partial charge on any atom is -0.506 e. The van der Waals surface area contributed by atoms with E-state index in [2.05, 4.69) is 15.3 Å². The lowest BCUT2D eigenvalue weighted by Crippen LogP contribution is -2.01. The number of nitrogens with zero attached hydrogens (tertiary/aromatic N) is 5. The number of aromatic nitrogens is 2. The molecule has 0 aliphatic rings. The summed E-state index contributed by atoms with van der Waals surface area (Å²) in [6.45, 7) is 1.50. The van der Waals surface area contributed by atoms with Gasteiger partial charge in [-0.3, -0.25) is 14.7 Å². The number of para-hydroxylation sites is 2. The number of nitro benzene ring substituents is 1. The van der Waals surface area contributed by atoms with E-state index in [0.717, 1.165) is 10.7 Å². The highest BCUT2D eigenvalue weighted by Crippen LogP contribution is 2.41. The van der Waals surface area contributed by atoms with Gasteiger partial charge >= 0.3 is 0 Å². The van der Waals surface area contributed by atoms with Gasteiger partial charge in [0.15, 0.2) is 5.69 Å². The zero-order chi connectivity index (χ0) is 23.9. The molecular weight excluding hydrogens is 454 g/mol. The molecule has 1 heterocycles. The molecule has 0 saturated heterocycles. The van der Waals surface area contributed by atoms with Crippen molar-refractivity contribution in [3.63, 3.8) is 0 Å². The molecule has 0 atom stereocenters. The van der Waals surface area contributed by atoms with Crippen LogP contribution >= 0.6 is 0 Å². The first-order chi connectivity index (χ1) is 15.6. The van der Waals surface area contributed by atoms with E-state index >= 15 is 0 Å². The van der Waals surface area contributed by atoms with Gasteiger partial charge in [-0.25, -0.2) is 0 Å². The van der Waals surface area contributed by atoms with Crippen LogP contribution in [-0.4, -0.2) is 37.9 Å². The fourth-order valence-corrected chi connectivity index (χ4v) is 4.04. The maximum Gasteiger partial charge on any atom is 0.295 e. The van der Waals surface area contributed by atoms with Crippen LogP contribution < -0.4 is 0 Å². The van der Waals surface area contributed by atoms with Gasteiger partial charge in [-0.2, -0.15) is 18.2 Å². The Labute approximate surface area is 186 Å². The molecule has 0 bridgehead atoms.